The van der Waals surface area contributed by atoms with Gasteiger partial charge in [0.15, 0.2) is 0 Å². The van der Waals surface area contributed by atoms with E-state index in [1.165, 1.54) is 42.2 Å². The number of rotatable bonds is 5. The lowest BCUT2D eigenvalue weighted by Gasteiger charge is -2.35. The second kappa shape index (κ2) is 8.50. The first kappa shape index (κ1) is 21.3. The highest BCUT2D eigenvalue weighted by atomic mass is 35.5. The van der Waals surface area contributed by atoms with Crippen molar-refractivity contribution in [2.45, 2.75) is 19.9 Å². The van der Waals surface area contributed by atoms with E-state index in [9.17, 15) is 24.1 Å². The van der Waals surface area contributed by atoms with Crippen molar-refractivity contribution in [2.24, 2.45) is 0 Å². The summed E-state index contributed by atoms with van der Waals surface area (Å²) in [6.45, 7) is 3.26. The van der Waals surface area contributed by atoms with Crippen LogP contribution in [0, 0.1) is 15.9 Å². The Morgan fingerprint density at radius 2 is 2.07 bits per heavy atom. The molecule has 2 aromatic rings. The Labute approximate surface area is 176 Å². The molecule has 8 nitrogen and oxygen atoms in total. The third-order valence-corrected chi connectivity index (χ3v) is 4.85. The highest BCUT2D eigenvalue weighted by molar-refractivity contribution is 6.31. The van der Waals surface area contributed by atoms with Gasteiger partial charge in [-0.1, -0.05) is 23.7 Å². The van der Waals surface area contributed by atoms with Crippen LogP contribution in [0.4, 0.5) is 20.6 Å². The smallest absolute Gasteiger partial charge is 0.338 e. The van der Waals surface area contributed by atoms with Crippen LogP contribution in [0.3, 0.4) is 0 Å². The molecule has 1 aliphatic rings. The first-order valence-electron chi connectivity index (χ1n) is 8.92. The molecule has 1 aliphatic heterocycles. The molecule has 1 N–H and O–H groups in total. The summed E-state index contributed by atoms with van der Waals surface area (Å²) in [7, 11) is 0. The minimum absolute atomic E-state index is 0.0909. The standard InChI is InChI=1S/C20H17ClFN3O5/c1-3-30-19(26)17-11(2)24(13-7-8-16(22)15(21)10-13)20(27)23-18(17)12-5-4-6-14(9-12)25(28)29/h4-10,18H,3H2,1-2H3,(H,23,27). The Kier molecular flexibility index (Phi) is 6.02. The van der Waals surface area contributed by atoms with Gasteiger partial charge in [-0.25, -0.2) is 14.0 Å². The number of urea groups is 1. The number of nitro benzene ring substituents is 1. The van der Waals surface area contributed by atoms with Crippen molar-refractivity contribution in [1.29, 1.82) is 0 Å². The minimum Gasteiger partial charge on any atom is -0.463 e. The molecule has 1 heterocycles. The average Bonchev–Trinajstić information content (AvgIpc) is 2.70. The Balaban J connectivity index is 2.16. The number of benzene rings is 2. The minimum atomic E-state index is -0.969. The molecule has 0 aliphatic carbocycles. The van der Waals surface area contributed by atoms with E-state index in [0.29, 0.717) is 5.56 Å². The maximum Gasteiger partial charge on any atom is 0.338 e. The maximum absolute atomic E-state index is 13.6. The van der Waals surface area contributed by atoms with E-state index in [4.69, 9.17) is 16.3 Å². The molecule has 2 amide bonds. The average molecular weight is 434 g/mol. The van der Waals surface area contributed by atoms with E-state index in [0.717, 1.165) is 6.07 Å². The Hall–Kier alpha value is -3.46. The number of ether oxygens (including phenoxy) is 1. The molecule has 1 atom stereocenters. The molecular formula is C20H17ClFN3O5. The number of non-ortho nitro benzene ring substituents is 1. The van der Waals surface area contributed by atoms with Crippen LogP contribution >= 0.6 is 11.6 Å². The van der Waals surface area contributed by atoms with Crippen molar-refractivity contribution in [3.63, 3.8) is 0 Å². The zero-order valence-corrected chi connectivity index (χ0v) is 16.8. The van der Waals surface area contributed by atoms with Crippen molar-refractivity contribution in [3.05, 3.63) is 80.3 Å². The van der Waals surface area contributed by atoms with Gasteiger partial charge in [-0.2, -0.15) is 0 Å². The van der Waals surface area contributed by atoms with Gasteiger partial charge in [-0.05, 0) is 37.6 Å². The molecule has 0 fully saturated rings. The topological polar surface area (TPSA) is 102 Å². The molecule has 2 aromatic carbocycles. The highest BCUT2D eigenvalue weighted by Gasteiger charge is 2.37. The first-order chi connectivity index (χ1) is 14.2. The van der Waals surface area contributed by atoms with Gasteiger partial charge in [0.05, 0.1) is 33.9 Å². The number of nitro groups is 1. The first-order valence-corrected chi connectivity index (χ1v) is 9.30. The number of allylic oxidation sites excluding steroid dienone is 1. The van der Waals surface area contributed by atoms with E-state index in [-0.39, 0.29) is 34.3 Å². The SMILES string of the molecule is CCOC(=O)C1=C(C)N(c2ccc(F)c(Cl)c2)C(=O)NC1c1cccc([N+](=O)[O-])c1. The number of esters is 1. The van der Waals surface area contributed by atoms with Gasteiger partial charge in [-0.15, -0.1) is 0 Å². The molecule has 0 saturated carbocycles. The largest absolute Gasteiger partial charge is 0.463 e. The second-order valence-corrected chi connectivity index (χ2v) is 6.80. The predicted molar refractivity (Wildman–Crippen MR) is 108 cm³/mol. The van der Waals surface area contributed by atoms with E-state index in [2.05, 4.69) is 5.32 Å². The van der Waals surface area contributed by atoms with Gasteiger partial charge in [-0.3, -0.25) is 15.0 Å². The molecule has 3 rings (SSSR count). The summed E-state index contributed by atoms with van der Waals surface area (Å²) in [4.78, 5) is 37.4. The zero-order chi connectivity index (χ0) is 22.0. The van der Waals surface area contributed by atoms with Crippen LogP contribution in [0.5, 0.6) is 0 Å². The number of halogens is 2. The predicted octanol–water partition coefficient (Wildman–Crippen LogP) is 4.50. The Morgan fingerprint density at radius 3 is 2.70 bits per heavy atom. The van der Waals surface area contributed by atoms with Crippen LogP contribution < -0.4 is 10.2 Å². The van der Waals surface area contributed by atoms with E-state index in [1.807, 2.05) is 0 Å². The van der Waals surface area contributed by atoms with Gasteiger partial charge < -0.3 is 10.1 Å². The second-order valence-electron chi connectivity index (χ2n) is 6.39. The molecule has 0 spiro atoms. The summed E-state index contributed by atoms with van der Waals surface area (Å²) in [5.74, 6) is -1.34. The number of carbonyl (C=O) groups excluding carboxylic acids is 2. The summed E-state index contributed by atoms with van der Waals surface area (Å²) in [5.41, 5.74) is 0.733. The molecule has 0 aromatic heterocycles. The third-order valence-electron chi connectivity index (χ3n) is 4.56. The van der Waals surface area contributed by atoms with Crippen molar-refractivity contribution >= 4 is 35.0 Å². The van der Waals surface area contributed by atoms with Crippen molar-refractivity contribution in [2.75, 3.05) is 11.5 Å². The molecular weight excluding hydrogens is 417 g/mol. The number of carbonyl (C=O) groups is 2. The third kappa shape index (κ3) is 3.97. The summed E-state index contributed by atoms with van der Waals surface area (Å²) in [5, 5.41) is 13.6. The Morgan fingerprint density at radius 1 is 1.33 bits per heavy atom. The van der Waals surface area contributed by atoms with Gasteiger partial charge in [0.2, 0.25) is 0 Å². The van der Waals surface area contributed by atoms with Crippen LogP contribution in [-0.4, -0.2) is 23.5 Å². The molecule has 0 radical (unpaired) electrons. The Bertz CT molecular complexity index is 1070. The molecule has 0 bridgehead atoms. The van der Waals surface area contributed by atoms with Gasteiger partial charge in [0, 0.05) is 17.8 Å². The monoisotopic (exact) mass is 433 g/mol. The molecule has 1 unspecified atom stereocenters. The fraction of sp³-hybridized carbons (Fsp3) is 0.200. The van der Waals surface area contributed by atoms with Crippen molar-refractivity contribution in [1.82, 2.24) is 5.32 Å². The van der Waals surface area contributed by atoms with E-state index < -0.39 is 28.8 Å². The summed E-state index contributed by atoms with van der Waals surface area (Å²) in [6, 6.07) is 7.75. The number of hydrogen-bond acceptors (Lipinski definition) is 5. The number of hydrogen-bond donors (Lipinski definition) is 1. The highest BCUT2D eigenvalue weighted by Crippen LogP contribution is 2.36. The molecule has 0 saturated heterocycles. The lowest BCUT2D eigenvalue weighted by Crippen LogP contribution is -2.48. The van der Waals surface area contributed by atoms with E-state index >= 15 is 0 Å². The molecule has 10 heteroatoms. The van der Waals surface area contributed by atoms with Crippen LogP contribution in [0.2, 0.25) is 5.02 Å². The number of amides is 2. The van der Waals surface area contributed by atoms with Gasteiger partial charge in [0.25, 0.3) is 5.69 Å². The normalized spacial score (nSPS) is 16.3. The number of nitrogens with one attached hydrogen (secondary N) is 1. The number of nitrogens with zero attached hydrogens (tertiary/aromatic N) is 2. The zero-order valence-electron chi connectivity index (χ0n) is 16.0. The summed E-state index contributed by atoms with van der Waals surface area (Å²) >= 11 is 5.84. The fourth-order valence-electron chi connectivity index (χ4n) is 3.22. The summed E-state index contributed by atoms with van der Waals surface area (Å²) < 4.78 is 18.7. The van der Waals surface area contributed by atoms with Crippen LogP contribution in [0.25, 0.3) is 0 Å². The van der Waals surface area contributed by atoms with Crippen molar-refractivity contribution in [3.8, 4) is 0 Å². The van der Waals surface area contributed by atoms with Crippen LogP contribution in [0.15, 0.2) is 53.7 Å². The molecule has 30 heavy (non-hydrogen) atoms. The maximum atomic E-state index is 13.6. The number of anilines is 1. The molecule has 156 valence electrons. The van der Waals surface area contributed by atoms with Crippen molar-refractivity contribution < 1.29 is 23.6 Å². The van der Waals surface area contributed by atoms with E-state index in [1.54, 1.807) is 13.0 Å². The van der Waals surface area contributed by atoms with Gasteiger partial charge >= 0.3 is 12.0 Å². The lowest BCUT2D eigenvalue weighted by molar-refractivity contribution is -0.384. The van der Waals surface area contributed by atoms with Crippen LogP contribution in [0.1, 0.15) is 25.5 Å². The fourth-order valence-corrected chi connectivity index (χ4v) is 3.39. The van der Waals surface area contributed by atoms with Gasteiger partial charge in [0.1, 0.15) is 5.82 Å². The lowest BCUT2D eigenvalue weighted by atomic mass is 9.94. The van der Waals surface area contributed by atoms with Crippen LogP contribution in [-0.2, 0) is 9.53 Å². The summed E-state index contributed by atoms with van der Waals surface area (Å²) in [6.07, 6.45) is 0. The quantitative estimate of drug-likeness (QED) is 0.425.